The van der Waals surface area contributed by atoms with Crippen LogP contribution < -0.4 is 0 Å². The van der Waals surface area contributed by atoms with E-state index in [2.05, 4.69) is 12.1 Å². The van der Waals surface area contributed by atoms with Crippen LogP contribution in [0, 0.1) is 0 Å². The van der Waals surface area contributed by atoms with Gasteiger partial charge in [-0.25, -0.2) is 0 Å². The quantitative estimate of drug-likeness (QED) is 0.820. The second kappa shape index (κ2) is 7.85. The molecule has 0 amide bonds. The molecule has 0 atom stereocenters. The molecule has 0 bridgehead atoms. The third-order valence-corrected chi connectivity index (χ3v) is 3.10. The molecule has 0 aromatic heterocycles. The minimum Gasteiger partial charge on any atom is -0.394 e. The van der Waals surface area contributed by atoms with Gasteiger partial charge in [-0.15, -0.1) is 0 Å². The molecule has 2 aromatic carbocycles. The maximum atomic E-state index is 8.74. The van der Waals surface area contributed by atoms with Crippen LogP contribution in [0.4, 0.5) is 0 Å². The van der Waals surface area contributed by atoms with Gasteiger partial charge in [0.15, 0.2) is 0 Å². The van der Waals surface area contributed by atoms with Crippen molar-refractivity contribution in [2.75, 3.05) is 19.8 Å². The number of halogens is 1. The maximum Gasteiger partial charge on any atom is 0.0702 e. The normalized spacial score (nSPS) is 11.6. The molecule has 1 N–H and O–H groups in total. The SMILES string of the molecule is OCCOC/C=C(/c1ccccc1)c1cccc(Cl)c1. The Balaban J connectivity index is 2.29. The summed E-state index contributed by atoms with van der Waals surface area (Å²) in [5, 5.41) is 9.45. The van der Waals surface area contributed by atoms with E-state index in [1.165, 1.54) is 0 Å². The van der Waals surface area contributed by atoms with Gasteiger partial charge in [0.05, 0.1) is 19.8 Å². The Labute approximate surface area is 124 Å². The first-order valence-corrected chi connectivity index (χ1v) is 6.89. The Morgan fingerprint density at radius 3 is 2.50 bits per heavy atom. The summed E-state index contributed by atoms with van der Waals surface area (Å²) in [5.41, 5.74) is 3.24. The zero-order valence-corrected chi connectivity index (χ0v) is 11.9. The Morgan fingerprint density at radius 1 is 1.05 bits per heavy atom. The van der Waals surface area contributed by atoms with Crippen LogP contribution in [0.2, 0.25) is 5.02 Å². The summed E-state index contributed by atoms with van der Waals surface area (Å²) in [6.07, 6.45) is 2.01. The summed E-state index contributed by atoms with van der Waals surface area (Å²) in [6, 6.07) is 17.9. The van der Waals surface area contributed by atoms with E-state index < -0.39 is 0 Å². The monoisotopic (exact) mass is 288 g/mol. The van der Waals surface area contributed by atoms with E-state index in [1.807, 2.05) is 48.5 Å². The highest BCUT2D eigenvalue weighted by Gasteiger charge is 2.05. The lowest BCUT2D eigenvalue weighted by Gasteiger charge is -2.09. The summed E-state index contributed by atoms with van der Waals surface area (Å²) in [5.74, 6) is 0. The summed E-state index contributed by atoms with van der Waals surface area (Å²) in [7, 11) is 0. The zero-order chi connectivity index (χ0) is 14.2. The van der Waals surface area contributed by atoms with Crippen molar-refractivity contribution in [1.82, 2.24) is 0 Å². The molecule has 2 nitrogen and oxygen atoms in total. The van der Waals surface area contributed by atoms with Crippen LogP contribution in [-0.2, 0) is 4.74 Å². The summed E-state index contributed by atoms with van der Waals surface area (Å²) in [6.45, 7) is 0.830. The molecule has 104 valence electrons. The molecular weight excluding hydrogens is 272 g/mol. The molecule has 0 unspecified atom stereocenters. The molecule has 0 radical (unpaired) electrons. The lowest BCUT2D eigenvalue weighted by atomic mass is 9.98. The van der Waals surface area contributed by atoms with Gasteiger partial charge >= 0.3 is 0 Å². The average Bonchev–Trinajstić information content (AvgIpc) is 2.48. The van der Waals surface area contributed by atoms with Gasteiger partial charge < -0.3 is 9.84 Å². The lowest BCUT2D eigenvalue weighted by molar-refractivity contribution is 0.112. The highest BCUT2D eigenvalue weighted by Crippen LogP contribution is 2.25. The minimum atomic E-state index is 0.0334. The molecule has 20 heavy (non-hydrogen) atoms. The molecule has 0 spiro atoms. The van der Waals surface area contributed by atoms with Gasteiger partial charge in [0.25, 0.3) is 0 Å². The lowest BCUT2D eigenvalue weighted by Crippen LogP contribution is -1.99. The van der Waals surface area contributed by atoms with E-state index in [0.29, 0.717) is 18.2 Å². The minimum absolute atomic E-state index is 0.0334. The van der Waals surface area contributed by atoms with Crippen molar-refractivity contribution in [3.8, 4) is 0 Å². The van der Waals surface area contributed by atoms with Crippen LogP contribution in [0.5, 0.6) is 0 Å². The molecule has 0 saturated heterocycles. The first-order valence-electron chi connectivity index (χ1n) is 6.51. The van der Waals surface area contributed by atoms with Gasteiger partial charge in [-0.1, -0.05) is 60.1 Å². The van der Waals surface area contributed by atoms with Crippen molar-refractivity contribution in [1.29, 1.82) is 0 Å². The van der Waals surface area contributed by atoms with Crippen LogP contribution in [-0.4, -0.2) is 24.9 Å². The maximum absolute atomic E-state index is 8.74. The first-order chi connectivity index (χ1) is 9.81. The van der Waals surface area contributed by atoms with Gasteiger partial charge in [0.2, 0.25) is 0 Å². The van der Waals surface area contributed by atoms with E-state index in [9.17, 15) is 0 Å². The molecule has 0 aliphatic heterocycles. The Hall–Kier alpha value is -1.61. The largest absolute Gasteiger partial charge is 0.394 e. The summed E-state index contributed by atoms with van der Waals surface area (Å²) >= 11 is 6.07. The van der Waals surface area contributed by atoms with Crippen LogP contribution in [0.15, 0.2) is 60.7 Å². The third-order valence-electron chi connectivity index (χ3n) is 2.86. The number of ether oxygens (including phenoxy) is 1. The number of benzene rings is 2. The number of rotatable bonds is 6. The molecule has 0 fully saturated rings. The zero-order valence-electron chi connectivity index (χ0n) is 11.1. The second-order valence-electron chi connectivity index (χ2n) is 4.29. The third kappa shape index (κ3) is 4.20. The van der Waals surface area contributed by atoms with Crippen LogP contribution in [0.3, 0.4) is 0 Å². The molecule has 0 aliphatic rings. The van der Waals surface area contributed by atoms with Gasteiger partial charge in [-0.2, -0.15) is 0 Å². The van der Waals surface area contributed by atoms with E-state index in [1.54, 1.807) is 0 Å². The van der Waals surface area contributed by atoms with Gasteiger partial charge in [0, 0.05) is 5.02 Å². The van der Waals surface area contributed by atoms with Gasteiger partial charge in [-0.05, 0) is 28.8 Å². The predicted molar refractivity (Wildman–Crippen MR) is 82.9 cm³/mol. The smallest absolute Gasteiger partial charge is 0.0702 e. The van der Waals surface area contributed by atoms with Crippen molar-refractivity contribution in [2.24, 2.45) is 0 Å². The molecule has 3 heteroatoms. The van der Waals surface area contributed by atoms with E-state index >= 15 is 0 Å². The van der Waals surface area contributed by atoms with E-state index in [-0.39, 0.29) is 6.61 Å². The number of hydrogen-bond acceptors (Lipinski definition) is 2. The van der Waals surface area contributed by atoms with Crippen LogP contribution >= 0.6 is 11.6 Å². The fourth-order valence-corrected chi connectivity index (χ4v) is 2.16. The Morgan fingerprint density at radius 2 is 1.80 bits per heavy atom. The Kier molecular flexibility index (Phi) is 5.81. The highest BCUT2D eigenvalue weighted by molar-refractivity contribution is 6.30. The number of aliphatic hydroxyl groups excluding tert-OH is 1. The van der Waals surface area contributed by atoms with Crippen LogP contribution in [0.1, 0.15) is 11.1 Å². The Bertz CT molecular complexity index is 564. The summed E-state index contributed by atoms with van der Waals surface area (Å²) < 4.78 is 5.33. The molecule has 2 rings (SSSR count). The topological polar surface area (TPSA) is 29.5 Å². The molecule has 2 aromatic rings. The van der Waals surface area contributed by atoms with E-state index in [0.717, 1.165) is 16.7 Å². The highest BCUT2D eigenvalue weighted by atomic mass is 35.5. The first kappa shape index (κ1) is 14.8. The van der Waals surface area contributed by atoms with Crippen molar-refractivity contribution in [3.63, 3.8) is 0 Å². The van der Waals surface area contributed by atoms with Gasteiger partial charge in [-0.3, -0.25) is 0 Å². The fourth-order valence-electron chi connectivity index (χ4n) is 1.97. The van der Waals surface area contributed by atoms with Gasteiger partial charge in [0.1, 0.15) is 0 Å². The van der Waals surface area contributed by atoms with E-state index in [4.69, 9.17) is 21.4 Å². The standard InChI is InChI=1S/C17H17ClO2/c18-16-8-4-7-15(13-16)17(9-11-20-12-10-19)14-5-2-1-3-6-14/h1-9,13,19H,10-12H2/b17-9-. The van der Waals surface area contributed by atoms with Crippen molar-refractivity contribution in [2.45, 2.75) is 0 Å². The molecule has 0 heterocycles. The molecule has 0 saturated carbocycles. The van der Waals surface area contributed by atoms with Crippen LogP contribution in [0.25, 0.3) is 5.57 Å². The summed E-state index contributed by atoms with van der Waals surface area (Å²) in [4.78, 5) is 0. The number of hydrogen-bond donors (Lipinski definition) is 1. The second-order valence-corrected chi connectivity index (χ2v) is 4.73. The van der Waals surface area contributed by atoms with Crippen molar-refractivity contribution >= 4 is 17.2 Å². The average molecular weight is 289 g/mol. The van der Waals surface area contributed by atoms with Crippen molar-refractivity contribution < 1.29 is 9.84 Å². The predicted octanol–water partition coefficient (Wildman–Crippen LogP) is 3.78. The fraction of sp³-hybridized carbons (Fsp3) is 0.176. The molecular formula is C17H17ClO2. The number of aliphatic hydroxyl groups is 1. The molecule has 0 aliphatic carbocycles. The van der Waals surface area contributed by atoms with Crippen molar-refractivity contribution in [3.05, 3.63) is 76.8 Å².